The van der Waals surface area contributed by atoms with Crippen LogP contribution in [0.5, 0.6) is 0 Å². The van der Waals surface area contributed by atoms with Crippen molar-refractivity contribution in [2.75, 3.05) is 24.3 Å². The van der Waals surface area contributed by atoms with Crippen LogP contribution in [0, 0.1) is 11.6 Å². The summed E-state index contributed by atoms with van der Waals surface area (Å²) in [5.41, 5.74) is -0.0746. The van der Waals surface area contributed by atoms with Gasteiger partial charge in [0.2, 0.25) is 0 Å². The topological polar surface area (TPSA) is 44.4 Å². The summed E-state index contributed by atoms with van der Waals surface area (Å²) < 4.78 is 27.7. The molecule has 0 fully saturated rings. The maximum atomic E-state index is 13.8. The van der Waals surface area contributed by atoms with Crippen molar-refractivity contribution in [2.24, 2.45) is 0 Å². The number of nitrogens with one attached hydrogen (secondary N) is 2. The van der Waals surface area contributed by atoms with E-state index in [0.29, 0.717) is 0 Å². The molecule has 0 spiro atoms. The van der Waals surface area contributed by atoms with Crippen molar-refractivity contribution in [3.8, 4) is 0 Å². The number of urea groups is 1. The molecule has 2 amide bonds. The number of carbonyl (C=O) groups is 1. The molecule has 0 bridgehead atoms. The Hall–Kier alpha value is -2.15. The van der Waals surface area contributed by atoms with Gasteiger partial charge in [0.05, 0.1) is 6.04 Å². The van der Waals surface area contributed by atoms with Crippen LogP contribution in [-0.4, -0.2) is 20.1 Å². The van der Waals surface area contributed by atoms with E-state index in [0.717, 1.165) is 17.0 Å². The van der Waals surface area contributed by atoms with Gasteiger partial charge in [-0.1, -0.05) is 6.07 Å². The number of thiophene rings is 1. The number of amides is 2. The third kappa shape index (κ3) is 3.73. The number of hydrogen-bond acceptors (Lipinski definition) is 3. The van der Waals surface area contributed by atoms with E-state index in [4.69, 9.17) is 0 Å². The Morgan fingerprint density at radius 1 is 1.27 bits per heavy atom. The lowest BCUT2D eigenvalue weighted by Crippen LogP contribution is -2.30. The average molecular weight is 325 g/mol. The molecule has 0 aliphatic heterocycles. The van der Waals surface area contributed by atoms with Gasteiger partial charge in [0.1, 0.15) is 5.69 Å². The molecular formula is C15H17F2N3OS. The predicted molar refractivity (Wildman–Crippen MR) is 85.6 cm³/mol. The summed E-state index contributed by atoms with van der Waals surface area (Å²) in [7, 11) is 3.09. The van der Waals surface area contributed by atoms with Gasteiger partial charge >= 0.3 is 6.03 Å². The van der Waals surface area contributed by atoms with Crippen molar-refractivity contribution in [3.05, 3.63) is 46.2 Å². The summed E-state index contributed by atoms with van der Waals surface area (Å²) in [5, 5.41) is 7.06. The summed E-state index contributed by atoms with van der Waals surface area (Å²) in [6.07, 6.45) is 0. The Balaban J connectivity index is 2.06. The van der Waals surface area contributed by atoms with Gasteiger partial charge in [0.15, 0.2) is 11.6 Å². The molecule has 0 radical (unpaired) electrons. The number of rotatable bonds is 4. The van der Waals surface area contributed by atoms with Gasteiger partial charge in [0.25, 0.3) is 0 Å². The number of benzene rings is 1. The maximum Gasteiger partial charge on any atom is 0.319 e. The standard InChI is InChI=1S/C15H17F2N3OS/c1-9(13-5-4-6-22-13)18-15(21)19-10-7-11(16)14(20(2)3)12(17)8-10/h4-9H,1-3H3,(H2,18,19,21). The van der Waals surface area contributed by atoms with Crippen LogP contribution in [0.25, 0.3) is 0 Å². The molecule has 1 aromatic carbocycles. The molecule has 1 heterocycles. The van der Waals surface area contributed by atoms with Gasteiger partial charge in [0, 0.05) is 24.7 Å². The van der Waals surface area contributed by atoms with Crippen LogP contribution in [0.1, 0.15) is 17.8 Å². The normalized spacial score (nSPS) is 11.9. The van der Waals surface area contributed by atoms with Gasteiger partial charge in [-0.25, -0.2) is 13.6 Å². The van der Waals surface area contributed by atoms with E-state index in [2.05, 4.69) is 10.6 Å². The summed E-state index contributed by atoms with van der Waals surface area (Å²) in [6.45, 7) is 1.84. The fraction of sp³-hybridized carbons (Fsp3) is 0.267. The Bertz CT molecular complexity index is 636. The zero-order chi connectivity index (χ0) is 16.3. The zero-order valence-corrected chi connectivity index (χ0v) is 13.3. The van der Waals surface area contributed by atoms with Crippen molar-refractivity contribution in [1.82, 2.24) is 5.32 Å². The maximum absolute atomic E-state index is 13.8. The second-order valence-electron chi connectivity index (χ2n) is 5.02. The first-order valence-corrected chi connectivity index (χ1v) is 7.53. The molecule has 4 nitrogen and oxygen atoms in total. The van der Waals surface area contributed by atoms with Crippen LogP contribution >= 0.6 is 11.3 Å². The van der Waals surface area contributed by atoms with Crippen molar-refractivity contribution in [1.29, 1.82) is 0 Å². The molecule has 2 rings (SSSR count). The summed E-state index contributed by atoms with van der Waals surface area (Å²) in [6, 6.07) is 5.27. The highest BCUT2D eigenvalue weighted by atomic mass is 32.1. The van der Waals surface area contributed by atoms with Gasteiger partial charge in [-0.15, -0.1) is 11.3 Å². The van der Waals surface area contributed by atoms with Gasteiger partial charge in [-0.3, -0.25) is 0 Å². The van der Waals surface area contributed by atoms with E-state index in [1.54, 1.807) is 14.1 Å². The van der Waals surface area contributed by atoms with Crippen LogP contribution in [-0.2, 0) is 0 Å². The number of anilines is 2. The fourth-order valence-corrected chi connectivity index (χ4v) is 2.77. The lowest BCUT2D eigenvalue weighted by atomic mass is 10.2. The molecule has 22 heavy (non-hydrogen) atoms. The molecule has 1 aromatic heterocycles. The second kappa shape index (κ2) is 6.74. The third-order valence-electron chi connectivity index (χ3n) is 3.04. The zero-order valence-electron chi connectivity index (χ0n) is 12.5. The monoisotopic (exact) mass is 325 g/mol. The summed E-state index contributed by atoms with van der Waals surface area (Å²) in [5.74, 6) is -1.46. The first-order chi connectivity index (χ1) is 10.4. The second-order valence-corrected chi connectivity index (χ2v) is 6.00. The summed E-state index contributed by atoms with van der Waals surface area (Å²) in [4.78, 5) is 14.2. The first-order valence-electron chi connectivity index (χ1n) is 6.65. The van der Waals surface area contributed by atoms with Gasteiger partial charge < -0.3 is 15.5 Å². The molecule has 2 N–H and O–H groups in total. The minimum absolute atomic E-state index is 0.0662. The summed E-state index contributed by atoms with van der Waals surface area (Å²) >= 11 is 1.52. The number of hydrogen-bond donors (Lipinski definition) is 2. The highest BCUT2D eigenvalue weighted by Gasteiger charge is 2.15. The minimum atomic E-state index is -0.730. The quantitative estimate of drug-likeness (QED) is 0.893. The van der Waals surface area contributed by atoms with Gasteiger partial charge in [-0.2, -0.15) is 0 Å². The lowest BCUT2D eigenvalue weighted by molar-refractivity contribution is 0.249. The first kappa shape index (κ1) is 16.2. The lowest BCUT2D eigenvalue weighted by Gasteiger charge is -2.17. The van der Waals surface area contributed by atoms with E-state index >= 15 is 0 Å². The van der Waals surface area contributed by atoms with Crippen LogP contribution < -0.4 is 15.5 Å². The van der Waals surface area contributed by atoms with E-state index < -0.39 is 17.7 Å². The molecule has 0 aliphatic rings. The molecule has 118 valence electrons. The van der Waals surface area contributed by atoms with E-state index in [-0.39, 0.29) is 17.4 Å². The molecule has 2 aromatic rings. The van der Waals surface area contributed by atoms with Crippen molar-refractivity contribution in [3.63, 3.8) is 0 Å². The number of nitrogens with zero attached hydrogens (tertiary/aromatic N) is 1. The van der Waals surface area contributed by atoms with E-state index in [1.165, 1.54) is 16.2 Å². The molecule has 0 saturated heterocycles. The highest BCUT2D eigenvalue weighted by molar-refractivity contribution is 7.10. The molecule has 1 atom stereocenters. The molecule has 0 aliphatic carbocycles. The Morgan fingerprint density at radius 2 is 1.91 bits per heavy atom. The van der Waals surface area contributed by atoms with Crippen LogP contribution in [0.2, 0.25) is 0 Å². The smallest absolute Gasteiger partial charge is 0.319 e. The molecule has 1 unspecified atom stereocenters. The molecular weight excluding hydrogens is 308 g/mol. The Kier molecular flexibility index (Phi) is 4.97. The molecule has 0 saturated carbocycles. The largest absolute Gasteiger partial charge is 0.373 e. The number of carbonyl (C=O) groups excluding carboxylic acids is 1. The van der Waals surface area contributed by atoms with E-state index in [1.807, 2.05) is 24.4 Å². The Labute approximate surface area is 131 Å². The van der Waals surface area contributed by atoms with Crippen LogP contribution in [0.4, 0.5) is 25.0 Å². The van der Waals surface area contributed by atoms with Crippen molar-refractivity contribution < 1.29 is 13.6 Å². The predicted octanol–water partition coefficient (Wildman–Crippen LogP) is 3.98. The Morgan fingerprint density at radius 3 is 2.41 bits per heavy atom. The minimum Gasteiger partial charge on any atom is -0.373 e. The van der Waals surface area contributed by atoms with Crippen LogP contribution in [0.3, 0.4) is 0 Å². The highest BCUT2D eigenvalue weighted by Crippen LogP contribution is 2.25. The SMILES string of the molecule is CC(NC(=O)Nc1cc(F)c(N(C)C)c(F)c1)c1cccs1. The van der Waals surface area contributed by atoms with Crippen molar-refractivity contribution >= 4 is 28.7 Å². The van der Waals surface area contributed by atoms with Crippen LogP contribution in [0.15, 0.2) is 29.6 Å². The van der Waals surface area contributed by atoms with Gasteiger partial charge in [-0.05, 0) is 30.5 Å². The molecule has 7 heteroatoms. The number of halogens is 2. The fourth-order valence-electron chi connectivity index (χ4n) is 2.04. The third-order valence-corrected chi connectivity index (χ3v) is 4.09. The van der Waals surface area contributed by atoms with Crippen molar-refractivity contribution in [2.45, 2.75) is 13.0 Å². The average Bonchev–Trinajstić information content (AvgIpc) is 2.90. The van der Waals surface area contributed by atoms with E-state index in [9.17, 15) is 13.6 Å².